The van der Waals surface area contributed by atoms with Gasteiger partial charge < -0.3 is 15.0 Å². The second-order valence-corrected chi connectivity index (χ2v) is 8.87. The fraction of sp³-hybridized carbons (Fsp3) is 0.160. The summed E-state index contributed by atoms with van der Waals surface area (Å²) in [6.07, 6.45) is -0.0928. The van der Waals surface area contributed by atoms with Crippen LogP contribution in [0.5, 0.6) is 5.75 Å². The van der Waals surface area contributed by atoms with Gasteiger partial charge in [0.2, 0.25) is 5.91 Å². The molecule has 1 N–H and O–H groups in total. The number of hydrogen-bond donors (Lipinski definition) is 1. The third kappa shape index (κ3) is 5.17. The number of nitrogens with one attached hydrogen (secondary N) is 1. The zero-order chi connectivity index (χ0) is 24.2. The first kappa shape index (κ1) is 24.0. The number of benzene rings is 3. The summed E-state index contributed by atoms with van der Waals surface area (Å²) >= 11 is 17.9. The summed E-state index contributed by atoms with van der Waals surface area (Å²) in [6, 6.07) is 20.5. The molecule has 0 aromatic heterocycles. The molecule has 1 aliphatic rings. The van der Waals surface area contributed by atoms with E-state index in [0.29, 0.717) is 33.1 Å². The molecule has 0 aliphatic carbocycles. The summed E-state index contributed by atoms with van der Waals surface area (Å²) in [6.45, 7) is 0.350. The standard InChI is InChI=1S/C25H21Cl2N3O3S/c1-33-19-12-6-16(7-13-19)15-29-22(14-23(31)28-21-5-3-2-4-20(21)27)24(32)30(25(29)34)18-10-8-17(26)9-11-18/h2-13,22H,14-15H2,1H3,(H,28,31)/t22-/m1/s1. The van der Waals surface area contributed by atoms with Crippen molar-refractivity contribution >= 4 is 63.7 Å². The van der Waals surface area contributed by atoms with E-state index >= 15 is 0 Å². The third-order valence-corrected chi connectivity index (χ3v) is 6.44. The Kier molecular flexibility index (Phi) is 7.36. The molecule has 3 aromatic rings. The summed E-state index contributed by atoms with van der Waals surface area (Å²) in [5, 5.41) is 4.07. The van der Waals surface area contributed by atoms with Gasteiger partial charge in [-0.2, -0.15) is 0 Å². The minimum absolute atomic E-state index is 0.0928. The topological polar surface area (TPSA) is 61.9 Å². The molecule has 0 radical (unpaired) electrons. The lowest BCUT2D eigenvalue weighted by atomic mass is 10.1. The van der Waals surface area contributed by atoms with Gasteiger partial charge in [0.25, 0.3) is 5.91 Å². The Balaban J connectivity index is 1.61. The van der Waals surface area contributed by atoms with Crippen LogP contribution >= 0.6 is 35.4 Å². The van der Waals surface area contributed by atoms with Crippen LogP contribution in [0, 0.1) is 0 Å². The molecule has 0 saturated carbocycles. The summed E-state index contributed by atoms with van der Waals surface area (Å²) in [5.41, 5.74) is 2.00. The molecule has 2 amide bonds. The Labute approximate surface area is 213 Å². The fourth-order valence-electron chi connectivity index (χ4n) is 3.71. The van der Waals surface area contributed by atoms with Gasteiger partial charge in [0.15, 0.2) is 5.11 Å². The van der Waals surface area contributed by atoms with Crippen molar-refractivity contribution in [3.05, 3.63) is 88.4 Å². The number of carbonyl (C=O) groups is 2. The van der Waals surface area contributed by atoms with Crippen molar-refractivity contribution in [2.45, 2.75) is 19.0 Å². The van der Waals surface area contributed by atoms with Crippen LogP contribution in [0.3, 0.4) is 0 Å². The molecule has 0 bridgehead atoms. The molecule has 0 spiro atoms. The number of thiocarbonyl (C=S) groups is 1. The van der Waals surface area contributed by atoms with Crippen LogP contribution in [-0.2, 0) is 16.1 Å². The van der Waals surface area contributed by atoms with E-state index < -0.39 is 6.04 Å². The molecule has 6 nitrogen and oxygen atoms in total. The first-order valence-corrected chi connectivity index (χ1v) is 11.6. The summed E-state index contributed by atoms with van der Waals surface area (Å²) in [7, 11) is 1.60. The van der Waals surface area contributed by atoms with E-state index in [1.165, 1.54) is 4.90 Å². The molecular weight excluding hydrogens is 493 g/mol. The fourth-order valence-corrected chi connectivity index (χ4v) is 4.40. The average molecular weight is 514 g/mol. The minimum Gasteiger partial charge on any atom is -0.497 e. The van der Waals surface area contributed by atoms with E-state index in [4.69, 9.17) is 40.2 Å². The van der Waals surface area contributed by atoms with Crippen LogP contribution in [0.4, 0.5) is 11.4 Å². The highest BCUT2D eigenvalue weighted by molar-refractivity contribution is 7.80. The van der Waals surface area contributed by atoms with Crippen LogP contribution in [-0.4, -0.2) is 35.0 Å². The number of halogens is 2. The number of methoxy groups -OCH3 is 1. The van der Waals surface area contributed by atoms with Gasteiger partial charge in [-0.1, -0.05) is 47.5 Å². The van der Waals surface area contributed by atoms with Crippen LogP contribution in [0.1, 0.15) is 12.0 Å². The zero-order valence-electron chi connectivity index (χ0n) is 18.2. The highest BCUT2D eigenvalue weighted by Gasteiger charge is 2.44. The molecule has 1 aliphatic heterocycles. The van der Waals surface area contributed by atoms with Crippen LogP contribution in [0.2, 0.25) is 10.0 Å². The van der Waals surface area contributed by atoms with Crippen LogP contribution in [0.15, 0.2) is 72.8 Å². The largest absolute Gasteiger partial charge is 0.497 e. The van der Waals surface area contributed by atoms with E-state index in [0.717, 1.165) is 11.3 Å². The molecule has 9 heteroatoms. The maximum atomic E-state index is 13.5. The Morgan fingerprint density at radius 3 is 2.35 bits per heavy atom. The lowest BCUT2D eigenvalue weighted by Gasteiger charge is -2.24. The number of anilines is 2. The van der Waals surface area contributed by atoms with Crippen molar-refractivity contribution in [3.8, 4) is 5.75 Å². The van der Waals surface area contributed by atoms with E-state index in [2.05, 4.69) is 5.32 Å². The quantitative estimate of drug-likeness (QED) is 0.420. The van der Waals surface area contributed by atoms with Crippen molar-refractivity contribution < 1.29 is 14.3 Å². The molecule has 1 fully saturated rings. The minimum atomic E-state index is -0.784. The lowest BCUT2D eigenvalue weighted by molar-refractivity contribution is -0.124. The molecule has 4 rings (SSSR count). The summed E-state index contributed by atoms with van der Waals surface area (Å²) in [4.78, 5) is 29.6. The van der Waals surface area contributed by atoms with Gasteiger partial charge in [0, 0.05) is 11.6 Å². The van der Waals surface area contributed by atoms with Crippen molar-refractivity contribution in [1.82, 2.24) is 4.90 Å². The van der Waals surface area contributed by atoms with Gasteiger partial charge in [-0.05, 0) is 66.3 Å². The lowest BCUT2D eigenvalue weighted by Crippen LogP contribution is -2.37. The van der Waals surface area contributed by atoms with Gasteiger partial charge >= 0.3 is 0 Å². The average Bonchev–Trinajstić information content (AvgIpc) is 3.05. The smallest absolute Gasteiger partial charge is 0.256 e. The first-order valence-electron chi connectivity index (χ1n) is 10.4. The van der Waals surface area contributed by atoms with Gasteiger partial charge in [-0.15, -0.1) is 0 Å². The molecule has 3 aromatic carbocycles. The number of para-hydroxylation sites is 1. The monoisotopic (exact) mass is 513 g/mol. The van der Waals surface area contributed by atoms with Crippen molar-refractivity contribution in [2.75, 3.05) is 17.3 Å². The number of nitrogens with zero attached hydrogens (tertiary/aromatic N) is 2. The summed E-state index contributed by atoms with van der Waals surface area (Å²) in [5.74, 6) is 0.101. The van der Waals surface area contributed by atoms with Gasteiger partial charge in [-0.25, -0.2) is 0 Å². The zero-order valence-corrected chi connectivity index (χ0v) is 20.5. The first-order chi connectivity index (χ1) is 16.4. The van der Waals surface area contributed by atoms with E-state index in [9.17, 15) is 9.59 Å². The highest BCUT2D eigenvalue weighted by atomic mass is 35.5. The number of rotatable bonds is 7. The Morgan fingerprint density at radius 2 is 1.71 bits per heavy atom. The van der Waals surface area contributed by atoms with Crippen molar-refractivity contribution in [2.24, 2.45) is 0 Å². The molecule has 1 heterocycles. The Hall–Kier alpha value is -3.13. The Bertz CT molecular complexity index is 1220. The highest BCUT2D eigenvalue weighted by Crippen LogP contribution is 2.30. The van der Waals surface area contributed by atoms with E-state index in [1.54, 1.807) is 60.5 Å². The Morgan fingerprint density at radius 1 is 1.03 bits per heavy atom. The SMILES string of the molecule is COc1ccc(CN2C(=S)N(c3ccc(Cl)cc3)C(=O)[C@H]2CC(=O)Nc2ccccc2Cl)cc1. The molecule has 1 atom stereocenters. The van der Waals surface area contributed by atoms with Crippen LogP contribution < -0.4 is 15.0 Å². The molecule has 0 unspecified atom stereocenters. The van der Waals surface area contributed by atoms with Gasteiger partial charge in [0.05, 0.1) is 29.9 Å². The van der Waals surface area contributed by atoms with Crippen molar-refractivity contribution in [1.29, 1.82) is 0 Å². The van der Waals surface area contributed by atoms with Gasteiger partial charge in [0.1, 0.15) is 11.8 Å². The molecule has 34 heavy (non-hydrogen) atoms. The second kappa shape index (κ2) is 10.4. The number of amides is 2. The number of carbonyl (C=O) groups excluding carboxylic acids is 2. The third-order valence-electron chi connectivity index (χ3n) is 5.44. The normalized spacial score (nSPS) is 15.6. The maximum Gasteiger partial charge on any atom is 0.256 e. The molecule has 174 valence electrons. The second-order valence-electron chi connectivity index (χ2n) is 7.66. The number of hydrogen-bond acceptors (Lipinski definition) is 4. The van der Waals surface area contributed by atoms with Crippen LogP contribution in [0.25, 0.3) is 0 Å². The molecule has 1 saturated heterocycles. The predicted molar refractivity (Wildman–Crippen MR) is 139 cm³/mol. The van der Waals surface area contributed by atoms with E-state index in [1.807, 2.05) is 24.3 Å². The van der Waals surface area contributed by atoms with Gasteiger partial charge in [-0.3, -0.25) is 14.5 Å². The predicted octanol–water partition coefficient (Wildman–Crippen LogP) is 5.53. The number of ether oxygens (including phenoxy) is 1. The maximum absolute atomic E-state index is 13.5. The summed E-state index contributed by atoms with van der Waals surface area (Å²) < 4.78 is 5.23. The van der Waals surface area contributed by atoms with E-state index in [-0.39, 0.29) is 18.2 Å². The van der Waals surface area contributed by atoms with Crippen molar-refractivity contribution in [3.63, 3.8) is 0 Å². The molecular formula is C25H21Cl2N3O3S.